The highest BCUT2D eigenvalue weighted by molar-refractivity contribution is 7.15. The van der Waals surface area contributed by atoms with E-state index in [0.717, 1.165) is 0 Å². The van der Waals surface area contributed by atoms with E-state index >= 15 is 0 Å². The minimum Gasteiger partial charge on any atom is -0.311 e. The summed E-state index contributed by atoms with van der Waals surface area (Å²) in [5.41, 5.74) is 0.397. The second kappa shape index (κ2) is 5.24. The van der Waals surface area contributed by atoms with Crippen molar-refractivity contribution < 1.29 is 9.72 Å². The molecule has 24 heavy (non-hydrogen) atoms. The Hall–Kier alpha value is -3.07. The summed E-state index contributed by atoms with van der Waals surface area (Å²) in [4.78, 5) is 39.6. The summed E-state index contributed by atoms with van der Waals surface area (Å²) >= 11 is 1.29. The minimum atomic E-state index is -0.564. The molecule has 1 atom stereocenters. The summed E-state index contributed by atoms with van der Waals surface area (Å²) < 4.78 is 1.66. The van der Waals surface area contributed by atoms with Crippen molar-refractivity contribution in [3.8, 4) is 0 Å². The number of aromatic nitrogens is 2. The molecule has 4 rings (SSSR count). The van der Waals surface area contributed by atoms with Crippen LogP contribution in [0.1, 0.15) is 23.5 Å². The number of thiazole rings is 1. The van der Waals surface area contributed by atoms with E-state index in [1.165, 1.54) is 23.5 Å². The van der Waals surface area contributed by atoms with Crippen molar-refractivity contribution in [1.29, 1.82) is 0 Å². The third-order valence-electron chi connectivity index (χ3n) is 3.99. The van der Waals surface area contributed by atoms with E-state index in [1.807, 2.05) is 0 Å². The van der Waals surface area contributed by atoms with Crippen LogP contribution in [0.25, 0.3) is 4.96 Å². The highest BCUT2D eigenvalue weighted by Crippen LogP contribution is 2.36. The molecule has 0 aliphatic carbocycles. The van der Waals surface area contributed by atoms with Gasteiger partial charge in [-0.25, -0.2) is 0 Å². The van der Waals surface area contributed by atoms with E-state index in [4.69, 9.17) is 0 Å². The standard InChI is InChI=1S/C15H10N4O4S/c20-11-7-10(8-2-1-3-9(6-8)19(22)23)12-13(16-11)18-4-5-24-15(18)17-14(12)21/h1-6,10H,7H2,(H,16,20)/t10-/m1/s1. The van der Waals surface area contributed by atoms with Gasteiger partial charge in [-0.1, -0.05) is 12.1 Å². The molecule has 0 fully saturated rings. The smallest absolute Gasteiger partial charge is 0.279 e. The quantitative estimate of drug-likeness (QED) is 0.567. The van der Waals surface area contributed by atoms with Gasteiger partial charge < -0.3 is 5.32 Å². The van der Waals surface area contributed by atoms with Crippen molar-refractivity contribution in [2.45, 2.75) is 12.3 Å². The largest absolute Gasteiger partial charge is 0.311 e. The van der Waals surface area contributed by atoms with Gasteiger partial charge >= 0.3 is 0 Å². The number of carbonyl (C=O) groups is 1. The first-order valence-electron chi connectivity index (χ1n) is 7.08. The summed E-state index contributed by atoms with van der Waals surface area (Å²) in [7, 11) is 0. The number of hydrogen-bond donors (Lipinski definition) is 1. The summed E-state index contributed by atoms with van der Waals surface area (Å²) in [5, 5.41) is 15.5. The van der Waals surface area contributed by atoms with Gasteiger partial charge in [0.1, 0.15) is 5.82 Å². The first-order valence-corrected chi connectivity index (χ1v) is 7.96. The lowest BCUT2D eigenvalue weighted by molar-refractivity contribution is -0.384. The summed E-state index contributed by atoms with van der Waals surface area (Å²) in [6.45, 7) is 0. The fraction of sp³-hybridized carbons (Fsp3) is 0.133. The van der Waals surface area contributed by atoms with Gasteiger partial charge in [-0.3, -0.25) is 24.1 Å². The lowest BCUT2D eigenvalue weighted by atomic mass is 9.86. The maximum atomic E-state index is 12.5. The van der Waals surface area contributed by atoms with Crippen molar-refractivity contribution in [2.75, 3.05) is 5.32 Å². The van der Waals surface area contributed by atoms with Gasteiger partial charge in [0.2, 0.25) is 5.91 Å². The maximum Gasteiger partial charge on any atom is 0.279 e. The van der Waals surface area contributed by atoms with Crippen molar-refractivity contribution in [1.82, 2.24) is 9.38 Å². The molecule has 9 heteroatoms. The maximum absolute atomic E-state index is 12.5. The topological polar surface area (TPSA) is 107 Å². The number of non-ortho nitro benzene ring substituents is 1. The van der Waals surface area contributed by atoms with Crippen LogP contribution in [0.5, 0.6) is 0 Å². The first kappa shape index (κ1) is 14.5. The highest BCUT2D eigenvalue weighted by atomic mass is 32.1. The van der Waals surface area contributed by atoms with Gasteiger partial charge in [-0.05, 0) is 5.56 Å². The third kappa shape index (κ3) is 2.17. The van der Waals surface area contributed by atoms with E-state index < -0.39 is 16.4 Å². The van der Waals surface area contributed by atoms with Crippen LogP contribution in [0.4, 0.5) is 11.5 Å². The molecular weight excluding hydrogens is 332 g/mol. The number of fused-ring (bicyclic) bond motifs is 3. The Morgan fingerprint density at radius 2 is 2.21 bits per heavy atom. The van der Waals surface area contributed by atoms with E-state index in [9.17, 15) is 19.7 Å². The average Bonchev–Trinajstić information content (AvgIpc) is 3.02. The molecule has 0 radical (unpaired) electrons. The predicted octanol–water partition coefficient (Wildman–Crippen LogP) is 2.14. The zero-order valence-corrected chi connectivity index (χ0v) is 12.9. The van der Waals surface area contributed by atoms with Crippen LogP contribution in [-0.4, -0.2) is 20.2 Å². The van der Waals surface area contributed by atoms with Crippen LogP contribution in [0.2, 0.25) is 0 Å². The molecule has 1 amide bonds. The van der Waals surface area contributed by atoms with Gasteiger partial charge in [-0.2, -0.15) is 4.98 Å². The van der Waals surface area contributed by atoms with Crippen molar-refractivity contribution in [3.05, 3.63) is 67.4 Å². The van der Waals surface area contributed by atoms with Crippen LogP contribution in [-0.2, 0) is 4.79 Å². The molecule has 1 aromatic carbocycles. The van der Waals surface area contributed by atoms with E-state index in [0.29, 0.717) is 21.9 Å². The number of nitrogens with one attached hydrogen (secondary N) is 1. The summed E-state index contributed by atoms with van der Waals surface area (Å²) in [6, 6.07) is 6.01. The van der Waals surface area contributed by atoms with Crippen molar-refractivity contribution in [2.24, 2.45) is 0 Å². The molecule has 120 valence electrons. The number of hydrogen-bond acceptors (Lipinski definition) is 6. The molecule has 3 heterocycles. The molecule has 1 N–H and O–H groups in total. The Morgan fingerprint density at radius 3 is 3.00 bits per heavy atom. The summed E-state index contributed by atoms with van der Waals surface area (Å²) in [5.74, 6) is -0.422. The molecule has 1 aliphatic heterocycles. The Balaban J connectivity index is 1.96. The Labute approximate surface area is 138 Å². The Kier molecular flexibility index (Phi) is 3.17. The lowest BCUT2D eigenvalue weighted by Crippen LogP contribution is -2.31. The second-order valence-electron chi connectivity index (χ2n) is 5.39. The number of rotatable bonds is 2. The Bertz CT molecular complexity index is 1060. The van der Waals surface area contributed by atoms with Crippen molar-refractivity contribution >= 4 is 33.7 Å². The zero-order valence-electron chi connectivity index (χ0n) is 12.1. The van der Waals surface area contributed by atoms with Gasteiger partial charge in [-0.15, -0.1) is 11.3 Å². The molecule has 2 aromatic heterocycles. The van der Waals surface area contributed by atoms with Crippen LogP contribution < -0.4 is 10.9 Å². The van der Waals surface area contributed by atoms with E-state index in [1.54, 1.807) is 28.1 Å². The van der Waals surface area contributed by atoms with Crippen LogP contribution in [0.3, 0.4) is 0 Å². The minimum absolute atomic E-state index is 0.0429. The molecular formula is C15H10N4O4S. The SMILES string of the molecule is O=C1C[C@H](c2cccc([N+](=O)[O-])c2)c2c(n3ccsc3nc2=O)N1. The zero-order chi connectivity index (χ0) is 16.8. The second-order valence-corrected chi connectivity index (χ2v) is 6.26. The molecule has 8 nitrogen and oxygen atoms in total. The number of nitrogens with zero attached hydrogens (tertiary/aromatic N) is 3. The average molecular weight is 342 g/mol. The molecule has 3 aromatic rings. The Morgan fingerprint density at radius 1 is 1.38 bits per heavy atom. The van der Waals surface area contributed by atoms with Crippen molar-refractivity contribution in [3.63, 3.8) is 0 Å². The lowest BCUT2D eigenvalue weighted by Gasteiger charge is -2.25. The molecule has 1 aliphatic rings. The van der Waals surface area contributed by atoms with E-state index in [-0.39, 0.29) is 18.0 Å². The first-order chi connectivity index (χ1) is 11.5. The third-order valence-corrected chi connectivity index (χ3v) is 4.75. The van der Waals surface area contributed by atoms with Crippen LogP contribution in [0.15, 0.2) is 40.6 Å². The van der Waals surface area contributed by atoms with Gasteiger partial charge in [0.05, 0.1) is 10.5 Å². The fourth-order valence-electron chi connectivity index (χ4n) is 2.95. The number of anilines is 1. The van der Waals surface area contributed by atoms with Gasteiger partial charge in [0.25, 0.3) is 11.2 Å². The van der Waals surface area contributed by atoms with E-state index in [2.05, 4.69) is 10.3 Å². The number of benzene rings is 1. The molecule has 0 saturated heterocycles. The van der Waals surface area contributed by atoms with Gasteiger partial charge in [0, 0.05) is 36.0 Å². The van der Waals surface area contributed by atoms with Crippen LogP contribution >= 0.6 is 11.3 Å². The van der Waals surface area contributed by atoms with Gasteiger partial charge in [0.15, 0.2) is 4.96 Å². The molecule has 0 bridgehead atoms. The molecule has 0 saturated carbocycles. The number of amides is 1. The molecule has 0 spiro atoms. The monoisotopic (exact) mass is 342 g/mol. The number of carbonyl (C=O) groups excluding carboxylic acids is 1. The highest BCUT2D eigenvalue weighted by Gasteiger charge is 2.32. The molecule has 0 unspecified atom stereocenters. The number of nitro benzene ring substituents is 1. The fourth-order valence-corrected chi connectivity index (χ4v) is 3.66. The number of nitro groups is 1. The predicted molar refractivity (Wildman–Crippen MR) is 87.5 cm³/mol. The normalized spacial score (nSPS) is 16.7. The summed E-state index contributed by atoms with van der Waals surface area (Å²) in [6.07, 6.45) is 1.77. The van der Waals surface area contributed by atoms with Crippen LogP contribution in [0, 0.1) is 10.1 Å².